The first-order chi connectivity index (χ1) is 12.2. The Morgan fingerprint density at radius 2 is 2.12 bits per heavy atom. The van der Waals surface area contributed by atoms with Crippen molar-refractivity contribution in [2.45, 2.75) is 57.5 Å². The molecule has 1 amide bonds. The van der Waals surface area contributed by atoms with Gasteiger partial charge in [0.15, 0.2) is 0 Å². The van der Waals surface area contributed by atoms with E-state index in [4.69, 9.17) is 9.47 Å². The number of nitrogens with one attached hydrogen (secondary N) is 1. The van der Waals surface area contributed by atoms with Gasteiger partial charge in [0.05, 0.1) is 24.8 Å². The van der Waals surface area contributed by atoms with Crippen molar-refractivity contribution in [3.05, 3.63) is 18.2 Å². The van der Waals surface area contributed by atoms with Gasteiger partial charge in [0.25, 0.3) is 6.01 Å². The molecule has 0 aliphatic heterocycles. The quantitative estimate of drug-likeness (QED) is 0.746. The molecule has 1 aliphatic carbocycles. The zero-order chi connectivity index (χ0) is 17.7. The second-order valence-corrected chi connectivity index (χ2v) is 6.69. The Balaban J connectivity index is 1.90. The molecule has 1 aromatic heterocycles. The maximum absolute atomic E-state index is 11.1. The van der Waals surface area contributed by atoms with Crippen molar-refractivity contribution in [1.29, 1.82) is 0 Å². The number of carbonyl (C=O) groups excluding carboxylic acids is 1. The van der Waals surface area contributed by atoms with E-state index in [0.29, 0.717) is 12.6 Å². The number of benzene rings is 1. The maximum atomic E-state index is 11.1. The summed E-state index contributed by atoms with van der Waals surface area (Å²) in [5, 5.41) is 3.10. The summed E-state index contributed by atoms with van der Waals surface area (Å²) in [5.41, 5.74) is 1.78. The van der Waals surface area contributed by atoms with E-state index in [0.717, 1.165) is 61.8 Å². The van der Waals surface area contributed by atoms with E-state index in [1.165, 1.54) is 6.42 Å². The highest BCUT2D eigenvalue weighted by Crippen LogP contribution is 2.33. The lowest BCUT2D eigenvalue weighted by molar-refractivity contribution is -0.111. The highest BCUT2D eigenvalue weighted by molar-refractivity contribution is 5.78. The smallest absolute Gasteiger partial charge is 0.297 e. The Bertz CT molecular complexity index is 720. The lowest BCUT2D eigenvalue weighted by Crippen LogP contribution is -2.46. The van der Waals surface area contributed by atoms with Crippen molar-refractivity contribution in [1.82, 2.24) is 14.9 Å². The lowest BCUT2D eigenvalue weighted by Gasteiger charge is -2.37. The molecule has 6 heteroatoms. The number of amides is 1. The van der Waals surface area contributed by atoms with Gasteiger partial charge in [-0.1, -0.05) is 19.3 Å². The Labute approximate surface area is 148 Å². The zero-order valence-electron chi connectivity index (χ0n) is 15.1. The molecule has 0 unspecified atom stereocenters. The number of fused-ring (bicyclic) bond motifs is 1. The third kappa shape index (κ3) is 3.72. The predicted octanol–water partition coefficient (Wildman–Crippen LogP) is 3.28. The zero-order valence-corrected chi connectivity index (χ0v) is 15.1. The van der Waals surface area contributed by atoms with Crippen LogP contribution in [0.5, 0.6) is 11.8 Å². The minimum Gasteiger partial charge on any atom is -0.497 e. The van der Waals surface area contributed by atoms with Gasteiger partial charge in [-0.3, -0.25) is 9.36 Å². The summed E-state index contributed by atoms with van der Waals surface area (Å²) >= 11 is 0. The number of hydrogen-bond acceptors (Lipinski definition) is 4. The van der Waals surface area contributed by atoms with Crippen LogP contribution in [0.2, 0.25) is 0 Å². The first-order valence-corrected chi connectivity index (χ1v) is 9.10. The molecular formula is C19H27N3O3. The van der Waals surface area contributed by atoms with Gasteiger partial charge in [0, 0.05) is 18.2 Å². The molecule has 0 spiro atoms. The van der Waals surface area contributed by atoms with Gasteiger partial charge in [-0.25, -0.2) is 0 Å². The Morgan fingerprint density at radius 3 is 2.80 bits per heavy atom. The van der Waals surface area contributed by atoms with Crippen LogP contribution in [0.1, 0.15) is 45.4 Å². The van der Waals surface area contributed by atoms with Crippen molar-refractivity contribution in [2.24, 2.45) is 0 Å². The summed E-state index contributed by atoms with van der Waals surface area (Å²) in [6.07, 6.45) is 7.36. The molecule has 3 rings (SSSR count). The predicted molar refractivity (Wildman–Crippen MR) is 97.1 cm³/mol. The fraction of sp³-hybridized carbons (Fsp3) is 0.579. The lowest BCUT2D eigenvalue weighted by atomic mass is 9.79. The molecule has 1 aliphatic rings. The Hall–Kier alpha value is -2.24. The van der Waals surface area contributed by atoms with Gasteiger partial charge < -0.3 is 14.8 Å². The molecule has 136 valence electrons. The number of nitrogens with zero attached hydrogens (tertiary/aromatic N) is 2. The maximum Gasteiger partial charge on any atom is 0.297 e. The third-order valence-electron chi connectivity index (χ3n) is 5.18. The van der Waals surface area contributed by atoms with Gasteiger partial charge in [-0.05, 0) is 38.3 Å². The summed E-state index contributed by atoms with van der Waals surface area (Å²) in [6.45, 7) is 3.28. The van der Waals surface area contributed by atoms with E-state index in [9.17, 15) is 4.79 Å². The van der Waals surface area contributed by atoms with E-state index in [-0.39, 0.29) is 5.54 Å². The SMILES string of the molecule is CCOc1nc2ccc(OC)cc2n1CCC1(NC=O)CCCCC1. The summed E-state index contributed by atoms with van der Waals surface area (Å²) in [4.78, 5) is 15.7. The molecule has 25 heavy (non-hydrogen) atoms. The third-order valence-corrected chi connectivity index (χ3v) is 5.18. The number of rotatable bonds is 8. The van der Waals surface area contributed by atoms with E-state index in [1.807, 2.05) is 25.1 Å². The number of aryl methyl sites for hydroxylation is 1. The van der Waals surface area contributed by atoms with Crippen LogP contribution in [-0.4, -0.2) is 35.2 Å². The number of ether oxygens (including phenoxy) is 2. The Kier molecular flexibility index (Phi) is 5.46. The van der Waals surface area contributed by atoms with E-state index >= 15 is 0 Å². The first-order valence-electron chi connectivity index (χ1n) is 9.10. The fourth-order valence-corrected chi connectivity index (χ4v) is 3.81. The highest BCUT2D eigenvalue weighted by Gasteiger charge is 2.31. The highest BCUT2D eigenvalue weighted by atomic mass is 16.5. The van der Waals surface area contributed by atoms with Crippen molar-refractivity contribution in [2.75, 3.05) is 13.7 Å². The number of aromatic nitrogens is 2. The molecule has 0 radical (unpaired) electrons. The average Bonchev–Trinajstić information content (AvgIpc) is 2.98. The molecule has 6 nitrogen and oxygen atoms in total. The summed E-state index contributed by atoms with van der Waals surface area (Å²) < 4.78 is 13.2. The second-order valence-electron chi connectivity index (χ2n) is 6.69. The van der Waals surface area contributed by atoms with Gasteiger partial charge in [0.1, 0.15) is 5.75 Å². The minimum atomic E-state index is -0.112. The standard InChI is InChI=1S/C19H27N3O3/c1-3-25-18-21-16-8-7-15(24-2)13-17(16)22(18)12-11-19(20-14-23)9-5-4-6-10-19/h7-8,13-14H,3-6,9-12H2,1-2H3,(H,20,23). The topological polar surface area (TPSA) is 65.4 Å². The summed E-state index contributed by atoms with van der Waals surface area (Å²) in [7, 11) is 1.66. The normalized spacial score (nSPS) is 16.6. The van der Waals surface area contributed by atoms with Crippen LogP contribution in [0, 0.1) is 0 Å². The molecule has 0 saturated heterocycles. The molecule has 1 saturated carbocycles. The van der Waals surface area contributed by atoms with Crippen LogP contribution in [0.25, 0.3) is 11.0 Å². The van der Waals surface area contributed by atoms with Gasteiger partial charge >= 0.3 is 0 Å². The van der Waals surface area contributed by atoms with Crippen molar-refractivity contribution < 1.29 is 14.3 Å². The summed E-state index contributed by atoms with van der Waals surface area (Å²) in [5.74, 6) is 0.801. The Morgan fingerprint density at radius 1 is 1.32 bits per heavy atom. The van der Waals surface area contributed by atoms with Crippen LogP contribution < -0.4 is 14.8 Å². The molecule has 0 atom stereocenters. The number of imidazole rings is 1. The van der Waals surface area contributed by atoms with Crippen LogP contribution in [-0.2, 0) is 11.3 Å². The van der Waals surface area contributed by atoms with E-state index < -0.39 is 0 Å². The fourth-order valence-electron chi connectivity index (χ4n) is 3.81. The molecule has 2 aromatic rings. The second kappa shape index (κ2) is 7.76. The van der Waals surface area contributed by atoms with Gasteiger partial charge in [-0.2, -0.15) is 4.98 Å². The van der Waals surface area contributed by atoms with Crippen molar-refractivity contribution in [3.8, 4) is 11.8 Å². The molecule has 1 fully saturated rings. The van der Waals surface area contributed by atoms with E-state index in [1.54, 1.807) is 7.11 Å². The van der Waals surface area contributed by atoms with Crippen LogP contribution in [0.3, 0.4) is 0 Å². The van der Waals surface area contributed by atoms with Crippen LogP contribution >= 0.6 is 0 Å². The van der Waals surface area contributed by atoms with Crippen LogP contribution in [0.4, 0.5) is 0 Å². The average molecular weight is 345 g/mol. The van der Waals surface area contributed by atoms with E-state index in [2.05, 4.69) is 14.9 Å². The van der Waals surface area contributed by atoms with Gasteiger partial charge in [-0.15, -0.1) is 0 Å². The van der Waals surface area contributed by atoms with Crippen LogP contribution in [0.15, 0.2) is 18.2 Å². The first kappa shape index (κ1) is 17.6. The molecular weight excluding hydrogens is 318 g/mol. The summed E-state index contributed by atoms with van der Waals surface area (Å²) in [6, 6.07) is 6.48. The molecule has 1 N–H and O–H groups in total. The minimum absolute atomic E-state index is 0.112. The van der Waals surface area contributed by atoms with Gasteiger partial charge in [0.2, 0.25) is 6.41 Å². The molecule has 1 aromatic carbocycles. The molecule has 0 bridgehead atoms. The van der Waals surface area contributed by atoms with Crippen molar-refractivity contribution in [3.63, 3.8) is 0 Å². The monoisotopic (exact) mass is 345 g/mol. The number of hydrogen-bond donors (Lipinski definition) is 1. The number of methoxy groups -OCH3 is 1. The number of carbonyl (C=O) groups is 1. The largest absolute Gasteiger partial charge is 0.497 e. The molecule has 1 heterocycles. The van der Waals surface area contributed by atoms with Crippen molar-refractivity contribution >= 4 is 17.4 Å².